The summed E-state index contributed by atoms with van der Waals surface area (Å²) >= 11 is 1.23. The summed E-state index contributed by atoms with van der Waals surface area (Å²) in [6, 6.07) is 3.80. The van der Waals surface area contributed by atoms with E-state index in [4.69, 9.17) is 17.2 Å². The third-order valence-electron chi connectivity index (χ3n) is 4.84. The molecule has 0 aliphatic carbocycles. The van der Waals surface area contributed by atoms with E-state index in [9.17, 15) is 14.7 Å². The highest BCUT2D eigenvalue weighted by molar-refractivity contribution is 7.20. The number of amides is 1. The van der Waals surface area contributed by atoms with Crippen LogP contribution in [0.1, 0.15) is 35.5 Å². The molecule has 1 aromatic heterocycles. The average Bonchev–Trinajstić information content (AvgIpc) is 3.27. The molecule has 2 atom stereocenters. The van der Waals surface area contributed by atoms with Crippen LogP contribution in [-0.2, 0) is 4.79 Å². The summed E-state index contributed by atoms with van der Waals surface area (Å²) in [6.07, 6.45) is 2.52. The summed E-state index contributed by atoms with van der Waals surface area (Å²) in [5, 5.41) is 9.99. The lowest BCUT2D eigenvalue weighted by atomic mass is 10.0. The number of primary amides is 1. The minimum Gasteiger partial charge on any atom is -0.508 e. The summed E-state index contributed by atoms with van der Waals surface area (Å²) in [7, 11) is 0. The largest absolute Gasteiger partial charge is 0.508 e. The Morgan fingerprint density at radius 3 is 2.86 bits per heavy atom. The predicted molar refractivity (Wildman–Crippen MR) is 108 cm³/mol. The number of Topliss-reactive ketones (excluding diaryl/α,β-unsaturated/α-hetero) is 1. The van der Waals surface area contributed by atoms with E-state index >= 15 is 0 Å². The molecule has 1 fully saturated rings. The van der Waals surface area contributed by atoms with E-state index in [-0.39, 0.29) is 17.5 Å². The van der Waals surface area contributed by atoms with Crippen LogP contribution in [0.3, 0.4) is 0 Å². The van der Waals surface area contributed by atoms with Crippen molar-refractivity contribution in [2.45, 2.75) is 37.8 Å². The second-order valence-corrected chi connectivity index (χ2v) is 7.83. The van der Waals surface area contributed by atoms with E-state index in [1.807, 2.05) is 4.90 Å². The van der Waals surface area contributed by atoms with Gasteiger partial charge in [0, 0.05) is 6.54 Å². The topological polar surface area (TPSA) is 161 Å². The van der Waals surface area contributed by atoms with Crippen LogP contribution >= 0.6 is 11.3 Å². The molecular formula is C18H24N6O3S. The number of aromatic nitrogens is 1. The molecule has 1 aliphatic heterocycles. The Morgan fingerprint density at radius 1 is 1.36 bits per heavy atom. The molecule has 2 heterocycles. The molecule has 1 amide bonds. The molecular weight excluding hydrogens is 380 g/mol. The third-order valence-corrected chi connectivity index (χ3v) is 5.87. The number of nitrogens with two attached hydrogens (primary N) is 3. The van der Waals surface area contributed by atoms with Crippen molar-refractivity contribution in [2.24, 2.45) is 22.2 Å². The second-order valence-electron chi connectivity index (χ2n) is 6.80. The number of rotatable bonds is 8. The SMILES string of the molecule is NC(=O)[C@@H]1CCCN1[C@@H](CCCN=C(N)N)C(=O)c1nc2ccc(O)cc2s1. The Bertz CT molecular complexity index is 908. The van der Waals surface area contributed by atoms with Crippen molar-refractivity contribution in [3.8, 4) is 5.75 Å². The van der Waals surface area contributed by atoms with Gasteiger partial charge in [-0.25, -0.2) is 4.98 Å². The normalized spacial score (nSPS) is 18.2. The molecule has 3 rings (SSSR count). The lowest BCUT2D eigenvalue weighted by molar-refractivity contribution is -0.122. The van der Waals surface area contributed by atoms with Gasteiger partial charge in [0.25, 0.3) is 0 Å². The summed E-state index contributed by atoms with van der Waals surface area (Å²) in [5.74, 6) is -0.449. The number of benzene rings is 1. The number of fused-ring (bicyclic) bond motifs is 1. The van der Waals surface area contributed by atoms with Crippen LogP contribution in [0.4, 0.5) is 0 Å². The number of aromatic hydroxyl groups is 1. The van der Waals surface area contributed by atoms with E-state index in [1.165, 1.54) is 17.4 Å². The molecule has 0 saturated carbocycles. The van der Waals surface area contributed by atoms with Gasteiger partial charge in [-0.2, -0.15) is 0 Å². The maximum Gasteiger partial charge on any atom is 0.234 e. The predicted octanol–water partition coefficient (Wildman–Crippen LogP) is 0.556. The Morgan fingerprint density at radius 2 is 2.14 bits per heavy atom. The minimum atomic E-state index is -0.525. The molecule has 1 aliphatic rings. The van der Waals surface area contributed by atoms with E-state index in [0.717, 1.165) is 11.1 Å². The van der Waals surface area contributed by atoms with Crippen LogP contribution in [0, 0.1) is 0 Å². The fraction of sp³-hybridized carbons (Fsp3) is 0.444. The van der Waals surface area contributed by atoms with Gasteiger partial charge < -0.3 is 22.3 Å². The molecule has 7 N–H and O–H groups in total. The van der Waals surface area contributed by atoms with Crippen molar-refractivity contribution in [2.75, 3.05) is 13.1 Å². The monoisotopic (exact) mass is 404 g/mol. The Kier molecular flexibility index (Phi) is 6.10. The number of ketones is 1. The fourth-order valence-electron chi connectivity index (χ4n) is 3.57. The number of carbonyl (C=O) groups is 2. The number of nitrogens with zero attached hydrogens (tertiary/aromatic N) is 3. The zero-order chi connectivity index (χ0) is 20.3. The first kappa shape index (κ1) is 20.0. The molecule has 1 saturated heterocycles. The first-order valence-electron chi connectivity index (χ1n) is 9.11. The van der Waals surface area contributed by atoms with Crippen molar-refractivity contribution >= 4 is 39.2 Å². The zero-order valence-corrected chi connectivity index (χ0v) is 16.2. The molecule has 0 bridgehead atoms. The standard InChI is InChI=1S/C18H24N6O3S/c19-16(27)13-4-2-8-24(13)12(3-1-7-22-18(20)21)15(26)17-23-11-6-5-10(25)9-14(11)28-17/h5-6,9,12-13,25H,1-4,7-8H2,(H2,19,27)(H4,20,21,22)/t12-,13-/m0/s1. The number of carbonyl (C=O) groups excluding carboxylic acids is 2. The maximum atomic E-state index is 13.3. The van der Waals surface area contributed by atoms with E-state index in [2.05, 4.69) is 9.98 Å². The number of guanidine groups is 1. The van der Waals surface area contributed by atoms with Gasteiger partial charge in [0.15, 0.2) is 11.0 Å². The second kappa shape index (κ2) is 8.53. The van der Waals surface area contributed by atoms with Gasteiger partial charge in [0.05, 0.1) is 22.3 Å². The summed E-state index contributed by atoms with van der Waals surface area (Å²) in [6.45, 7) is 1.02. The van der Waals surface area contributed by atoms with Crippen LogP contribution in [0.5, 0.6) is 5.75 Å². The molecule has 28 heavy (non-hydrogen) atoms. The number of aliphatic imine (C=N–C) groups is 1. The molecule has 150 valence electrons. The molecule has 0 unspecified atom stereocenters. The van der Waals surface area contributed by atoms with E-state index in [1.54, 1.807) is 12.1 Å². The fourth-order valence-corrected chi connectivity index (χ4v) is 4.56. The highest BCUT2D eigenvalue weighted by atomic mass is 32.1. The quantitative estimate of drug-likeness (QED) is 0.216. The van der Waals surface area contributed by atoms with Gasteiger partial charge in [0.1, 0.15) is 5.75 Å². The molecule has 2 aromatic rings. The lowest BCUT2D eigenvalue weighted by Gasteiger charge is -2.30. The van der Waals surface area contributed by atoms with Crippen LogP contribution < -0.4 is 17.2 Å². The zero-order valence-electron chi connectivity index (χ0n) is 15.4. The number of thiazole rings is 1. The molecule has 0 radical (unpaired) electrons. The van der Waals surface area contributed by atoms with Crippen LogP contribution in [0.25, 0.3) is 10.2 Å². The molecule has 0 spiro atoms. The highest BCUT2D eigenvalue weighted by Gasteiger charge is 2.38. The minimum absolute atomic E-state index is 0.00467. The molecule has 10 heteroatoms. The summed E-state index contributed by atoms with van der Waals surface area (Å²) < 4.78 is 0.732. The third kappa shape index (κ3) is 4.39. The van der Waals surface area contributed by atoms with Crippen molar-refractivity contribution in [1.29, 1.82) is 0 Å². The first-order chi connectivity index (χ1) is 13.4. The summed E-state index contributed by atoms with van der Waals surface area (Å²) in [5.41, 5.74) is 16.9. The van der Waals surface area contributed by atoms with Gasteiger partial charge in [-0.1, -0.05) is 0 Å². The van der Waals surface area contributed by atoms with Gasteiger partial charge >= 0.3 is 0 Å². The summed E-state index contributed by atoms with van der Waals surface area (Å²) in [4.78, 5) is 35.4. The van der Waals surface area contributed by atoms with Gasteiger partial charge in [-0.05, 0) is 50.4 Å². The van der Waals surface area contributed by atoms with E-state index in [0.29, 0.717) is 42.9 Å². The molecule has 9 nitrogen and oxygen atoms in total. The van der Waals surface area contributed by atoms with E-state index < -0.39 is 18.0 Å². The van der Waals surface area contributed by atoms with Gasteiger partial charge in [-0.15, -0.1) is 11.3 Å². The van der Waals surface area contributed by atoms with Crippen LogP contribution in [-0.4, -0.2) is 57.8 Å². The average molecular weight is 404 g/mol. The number of phenolic OH excluding ortho intramolecular Hbond substituents is 1. The molecule has 1 aromatic carbocycles. The smallest absolute Gasteiger partial charge is 0.234 e. The van der Waals surface area contributed by atoms with Crippen molar-refractivity contribution in [3.63, 3.8) is 0 Å². The Balaban J connectivity index is 1.86. The van der Waals surface area contributed by atoms with Crippen LogP contribution in [0.2, 0.25) is 0 Å². The number of hydrogen-bond donors (Lipinski definition) is 4. The highest BCUT2D eigenvalue weighted by Crippen LogP contribution is 2.30. The Hall–Kier alpha value is -2.72. The van der Waals surface area contributed by atoms with Gasteiger partial charge in [0.2, 0.25) is 11.7 Å². The number of hydrogen-bond acceptors (Lipinski definition) is 7. The number of likely N-dealkylation sites (tertiary alicyclic amines) is 1. The van der Waals surface area contributed by atoms with Crippen molar-refractivity contribution in [1.82, 2.24) is 9.88 Å². The van der Waals surface area contributed by atoms with Gasteiger partial charge in [-0.3, -0.25) is 19.5 Å². The maximum absolute atomic E-state index is 13.3. The van der Waals surface area contributed by atoms with Crippen LogP contribution in [0.15, 0.2) is 23.2 Å². The first-order valence-corrected chi connectivity index (χ1v) is 9.92. The lowest BCUT2D eigenvalue weighted by Crippen LogP contribution is -2.49. The van der Waals surface area contributed by atoms with Crippen molar-refractivity contribution < 1.29 is 14.7 Å². The van der Waals surface area contributed by atoms with Crippen molar-refractivity contribution in [3.05, 3.63) is 23.2 Å². The Labute approximate surface area is 166 Å². The number of phenols is 1.